The fourth-order valence-electron chi connectivity index (χ4n) is 4.84. The Labute approximate surface area is 188 Å². The number of hydrogen-bond donors (Lipinski definition) is 0. The van der Waals surface area contributed by atoms with Gasteiger partial charge in [-0.3, -0.25) is 9.59 Å². The lowest BCUT2D eigenvalue weighted by Crippen LogP contribution is -2.22. The second kappa shape index (κ2) is 9.25. The summed E-state index contributed by atoms with van der Waals surface area (Å²) in [5.74, 6) is -0.0193. The standard InChI is InChI=1S/C27H37O3P/c1-17-13-21(5)24(22(6)14-17)26(29)31(30,16-18(2)15-27(7,8)9)25(28)23-19(3)11-10-12-20(23)4/h10-14,18H,15-16H2,1-9H3. The predicted octanol–water partition coefficient (Wildman–Crippen LogP) is 7.64. The monoisotopic (exact) mass is 440 g/mol. The van der Waals surface area contributed by atoms with Gasteiger partial charge in [-0.1, -0.05) is 63.6 Å². The summed E-state index contributed by atoms with van der Waals surface area (Å²) in [6.45, 7) is 17.7. The first-order chi connectivity index (χ1) is 14.2. The normalized spacial score (nSPS) is 14.7. The zero-order chi connectivity index (χ0) is 23.7. The summed E-state index contributed by atoms with van der Waals surface area (Å²) in [5, 5.41) is 0. The van der Waals surface area contributed by atoms with Crippen LogP contribution in [0, 0.1) is 46.0 Å². The van der Waals surface area contributed by atoms with Gasteiger partial charge in [-0.15, -0.1) is 0 Å². The smallest absolute Gasteiger partial charge is 0.229 e. The van der Waals surface area contributed by atoms with Crippen LogP contribution in [-0.2, 0) is 4.57 Å². The molecule has 0 saturated carbocycles. The number of rotatable bonds is 7. The van der Waals surface area contributed by atoms with Crippen molar-refractivity contribution in [3.63, 3.8) is 0 Å². The third-order valence-corrected chi connectivity index (χ3v) is 8.67. The molecular formula is C27H37O3P. The molecule has 31 heavy (non-hydrogen) atoms. The average molecular weight is 441 g/mol. The number of aryl methyl sites for hydroxylation is 5. The van der Waals surface area contributed by atoms with Crippen LogP contribution in [0.4, 0.5) is 0 Å². The lowest BCUT2D eigenvalue weighted by Gasteiger charge is -2.27. The number of carbonyl (C=O) groups excluding carboxylic acids is 2. The minimum Gasteiger partial charge on any atom is -0.307 e. The van der Waals surface area contributed by atoms with Crippen LogP contribution in [-0.4, -0.2) is 17.2 Å². The van der Waals surface area contributed by atoms with Crippen molar-refractivity contribution in [2.24, 2.45) is 11.3 Å². The van der Waals surface area contributed by atoms with E-state index in [4.69, 9.17) is 0 Å². The molecule has 0 aliphatic heterocycles. The molecule has 2 unspecified atom stereocenters. The van der Waals surface area contributed by atoms with Crippen LogP contribution < -0.4 is 0 Å². The van der Waals surface area contributed by atoms with Crippen molar-refractivity contribution in [1.82, 2.24) is 0 Å². The SMILES string of the molecule is Cc1cc(C)c(C(=O)P(=O)(CC(C)CC(C)(C)C)C(=O)c2c(C)cccc2C)c(C)c1. The Hall–Kier alpha value is -1.99. The number of carbonyl (C=O) groups is 2. The zero-order valence-electron chi connectivity index (χ0n) is 20.6. The molecule has 168 valence electrons. The van der Waals surface area contributed by atoms with Crippen LogP contribution in [0.1, 0.15) is 82.6 Å². The highest BCUT2D eigenvalue weighted by Crippen LogP contribution is 2.55. The van der Waals surface area contributed by atoms with E-state index in [9.17, 15) is 14.2 Å². The highest BCUT2D eigenvalue weighted by atomic mass is 31.2. The molecule has 0 aromatic heterocycles. The van der Waals surface area contributed by atoms with Crippen molar-refractivity contribution in [2.75, 3.05) is 6.16 Å². The van der Waals surface area contributed by atoms with Crippen molar-refractivity contribution < 1.29 is 14.2 Å². The van der Waals surface area contributed by atoms with E-state index in [0.717, 1.165) is 34.2 Å². The molecule has 0 bridgehead atoms. The van der Waals surface area contributed by atoms with E-state index in [2.05, 4.69) is 20.8 Å². The first kappa shape index (κ1) is 25.3. The topological polar surface area (TPSA) is 51.2 Å². The van der Waals surface area contributed by atoms with Crippen LogP contribution in [0.3, 0.4) is 0 Å². The lowest BCUT2D eigenvalue weighted by atomic mass is 9.86. The van der Waals surface area contributed by atoms with Gasteiger partial charge in [-0.2, -0.15) is 0 Å². The van der Waals surface area contributed by atoms with Crippen molar-refractivity contribution in [3.8, 4) is 0 Å². The second-order valence-corrected chi connectivity index (χ2v) is 13.1. The highest BCUT2D eigenvalue weighted by molar-refractivity contribution is 7.95. The van der Waals surface area contributed by atoms with Gasteiger partial charge in [0.05, 0.1) is 0 Å². The fraction of sp³-hybridized carbons (Fsp3) is 0.481. The first-order valence-electron chi connectivity index (χ1n) is 11.0. The Kier molecular flexibility index (Phi) is 7.54. The van der Waals surface area contributed by atoms with Gasteiger partial charge in [0.25, 0.3) is 0 Å². The van der Waals surface area contributed by atoms with Crippen LogP contribution in [0.15, 0.2) is 30.3 Å². The van der Waals surface area contributed by atoms with Crippen LogP contribution in [0.5, 0.6) is 0 Å². The third kappa shape index (κ3) is 5.63. The Balaban J connectivity index is 2.67. The van der Waals surface area contributed by atoms with E-state index < -0.39 is 18.2 Å². The molecule has 2 aromatic carbocycles. The summed E-state index contributed by atoms with van der Waals surface area (Å²) in [7, 11) is -3.89. The van der Waals surface area contributed by atoms with E-state index in [0.29, 0.717) is 11.1 Å². The van der Waals surface area contributed by atoms with Gasteiger partial charge in [-0.05, 0) is 74.6 Å². The molecule has 0 aliphatic rings. The van der Waals surface area contributed by atoms with E-state index in [-0.39, 0.29) is 17.5 Å². The van der Waals surface area contributed by atoms with Gasteiger partial charge in [0.1, 0.15) is 0 Å². The van der Waals surface area contributed by atoms with E-state index in [1.54, 1.807) is 0 Å². The number of hydrogen-bond acceptors (Lipinski definition) is 3. The van der Waals surface area contributed by atoms with Gasteiger partial charge in [0, 0.05) is 17.3 Å². The minimum atomic E-state index is -3.89. The average Bonchev–Trinajstić information content (AvgIpc) is 2.58. The van der Waals surface area contributed by atoms with Crippen molar-refractivity contribution >= 4 is 18.2 Å². The summed E-state index contributed by atoms with van der Waals surface area (Å²) in [5.41, 5.74) is 4.04. The molecule has 0 spiro atoms. The van der Waals surface area contributed by atoms with Gasteiger partial charge in [0.15, 0.2) is 0 Å². The minimum absolute atomic E-state index is 0.0185. The molecule has 2 aromatic rings. The predicted molar refractivity (Wildman–Crippen MR) is 131 cm³/mol. The Morgan fingerprint density at radius 3 is 1.68 bits per heavy atom. The summed E-state index contributed by atoms with van der Waals surface area (Å²) in [6.07, 6.45) is 0.888. The quantitative estimate of drug-likeness (QED) is 0.416. The zero-order valence-corrected chi connectivity index (χ0v) is 21.4. The third-order valence-electron chi connectivity index (χ3n) is 5.77. The Morgan fingerprint density at radius 2 is 1.26 bits per heavy atom. The van der Waals surface area contributed by atoms with Crippen LogP contribution in [0.25, 0.3) is 0 Å². The van der Waals surface area contributed by atoms with Crippen molar-refractivity contribution in [1.29, 1.82) is 0 Å². The summed E-state index contributed by atoms with van der Waals surface area (Å²) in [6, 6.07) is 9.41. The molecule has 3 nitrogen and oxygen atoms in total. The lowest BCUT2D eigenvalue weighted by molar-refractivity contribution is 0.103. The molecular weight excluding hydrogens is 403 g/mol. The molecule has 0 radical (unpaired) electrons. The molecule has 0 N–H and O–H groups in total. The van der Waals surface area contributed by atoms with E-state index in [1.165, 1.54) is 0 Å². The van der Waals surface area contributed by atoms with Gasteiger partial charge in [-0.25, -0.2) is 0 Å². The van der Waals surface area contributed by atoms with Gasteiger partial charge >= 0.3 is 0 Å². The first-order valence-corrected chi connectivity index (χ1v) is 12.9. The van der Waals surface area contributed by atoms with Gasteiger partial charge in [0.2, 0.25) is 18.2 Å². The molecule has 0 amide bonds. The molecule has 0 fully saturated rings. The Morgan fingerprint density at radius 1 is 0.839 bits per heavy atom. The molecule has 0 aliphatic carbocycles. The Bertz CT molecular complexity index is 1010. The summed E-state index contributed by atoms with van der Waals surface area (Å²) < 4.78 is 14.5. The summed E-state index contributed by atoms with van der Waals surface area (Å²) >= 11 is 0. The molecule has 4 heteroatoms. The summed E-state index contributed by atoms with van der Waals surface area (Å²) in [4.78, 5) is 27.7. The van der Waals surface area contributed by atoms with E-state index in [1.807, 2.05) is 71.9 Å². The maximum absolute atomic E-state index is 14.5. The molecule has 2 atom stereocenters. The van der Waals surface area contributed by atoms with E-state index >= 15 is 0 Å². The van der Waals surface area contributed by atoms with Crippen LogP contribution >= 0.6 is 7.14 Å². The highest BCUT2D eigenvalue weighted by Gasteiger charge is 2.44. The fourth-order valence-corrected chi connectivity index (χ4v) is 7.79. The maximum Gasteiger partial charge on any atom is 0.229 e. The van der Waals surface area contributed by atoms with Crippen LogP contribution in [0.2, 0.25) is 0 Å². The molecule has 0 heterocycles. The number of benzene rings is 2. The van der Waals surface area contributed by atoms with Crippen molar-refractivity contribution in [3.05, 3.63) is 69.3 Å². The maximum atomic E-state index is 14.5. The van der Waals surface area contributed by atoms with Crippen molar-refractivity contribution in [2.45, 2.75) is 68.7 Å². The molecule has 2 rings (SSSR count). The largest absolute Gasteiger partial charge is 0.307 e. The second-order valence-electron chi connectivity index (χ2n) is 10.4. The van der Waals surface area contributed by atoms with Gasteiger partial charge < -0.3 is 4.57 Å². The molecule has 0 saturated heterocycles.